The van der Waals surface area contributed by atoms with Crippen LogP contribution in [-0.2, 0) is 10.0 Å². The normalized spacial score (nSPS) is 17.7. The lowest BCUT2D eigenvalue weighted by atomic mass is 10.00. The van der Waals surface area contributed by atoms with Crippen LogP contribution in [0.5, 0.6) is 5.75 Å². The van der Waals surface area contributed by atoms with Crippen LogP contribution in [0.2, 0.25) is 0 Å². The molecule has 30 heavy (non-hydrogen) atoms. The third-order valence-electron chi connectivity index (χ3n) is 5.25. The van der Waals surface area contributed by atoms with E-state index in [0.717, 1.165) is 24.0 Å². The Morgan fingerprint density at radius 3 is 2.53 bits per heavy atom. The minimum atomic E-state index is -3.60. The van der Waals surface area contributed by atoms with Gasteiger partial charge < -0.3 is 9.15 Å². The van der Waals surface area contributed by atoms with Gasteiger partial charge in [0.1, 0.15) is 5.75 Å². The molecule has 158 valence electrons. The van der Waals surface area contributed by atoms with Gasteiger partial charge in [0.15, 0.2) is 0 Å². The lowest BCUT2D eigenvalue weighted by molar-refractivity contribution is 0.286. The summed E-state index contributed by atoms with van der Waals surface area (Å²) in [5.74, 6) is 1.47. The molecule has 0 spiro atoms. The van der Waals surface area contributed by atoms with Gasteiger partial charge in [-0.05, 0) is 63.1 Å². The van der Waals surface area contributed by atoms with Crippen LogP contribution >= 0.6 is 0 Å². The maximum Gasteiger partial charge on any atom is 0.247 e. The highest BCUT2D eigenvalue weighted by molar-refractivity contribution is 7.89. The van der Waals surface area contributed by atoms with E-state index in [1.165, 1.54) is 4.31 Å². The van der Waals surface area contributed by atoms with Crippen LogP contribution in [0.25, 0.3) is 11.5 Å². The van der Waals surface area contributed by atoms with Gasteiger partial charge in [-0.2, -0.15) is 4.31 Å². The molecule has 0 bridgehead atoms. The molecular weight excluding hydrogens is 402 g/mol. The van der Waals surface area contributed by atoms with Gasteiger partial charge in [-0.1, -0.05) is 17.7 Å². The quantitative estimate of drug-likeness (QED) is 0.591. The molecular formula is C22H25N3O4S. The van der Waals surface area contributed by atoms with Crippen LogP contribution in [-0.4, -0.2) is 42.6 Å². The van der Waals surface area contributed by atoms with Gasteiger partial charge in [0.05, 0.1) is 17.4 Å². The number of rotatable bonds is 6. The molecule has 0 radical (unpaired) electrons. The first-order chi connectivity index (χ1) is 14.5. The predicted molar refractivity (Wildman–Crippen MR) is 113 cm³/mol. The molecule has 1 aliphatic rings. The van der Waals surface area contributed by atoms with E-state index in [-0.39, 0.29) is 10.8 Å². The fraction of sp³-hybridized carbons (Fsp3) is 0.364. The highest BCUT2D eigenvalue weighted by Crippen LogP contribution is 2.31. The van der Waals surface area contributed by atoms with Gasteiger partial charge in [-0.3, -0.25) is 0 Å². The number of aromatic nitrogens is 2. The molecule has 1 atom stereocenters. The topological polar surface area (TPSA) is 85.5 Å². The maximum absolute atomic E-state index is 13.1. The number of sulfonamides is 1. The Hall–Kier alpha value is -2.71. The highest BCUT2D eigenvalue weighted by atomic mass is 32.2. The number of ether oxygens (including phenoxy) is 1. The molecule has 8 heteroatoms. The van der Waals surface area contributed by atoms with Crippen molar-refractivity contribution in [2.45, 2.75) is 37.5 Å². The predicted octanol–water partition coefficient (Wildman–Crippen LogP) is 4.01. The van der Waals surface area contributed by atoms with Crippen molar-refractivity contribution in [2.24, 2.45) is 0 Å². The van der Waals surface area contributed by atoms with Crippen molar-refractivity contribution in [1.29, 1.82) is 0 Å². The van der Waals surface area contributed by atoms with E-state index in [9.17, 15) is 8.42 Å². The molecule has 4 rings (SSSR count). The summed E-state index contributed by atoms with van der Waals surface area (Å²) in [5, 5.41) is 8.37. The molecule has 0 amide bonds. The Bertz CT molecular complexity index is 1090. The SMILES string of the molecule is CCOc1ccc(S(=O)(=O)N2CCCC(c3nnc(-c4ccc(C)cc4)o3)C2)cc1. The van der Waals surface area contributed by atoms with Crippen LogP contribution in [0.15, 0.2) is 57.8 Å². The first kappa shape index (κ1) is 20.6. The average Bonchev–Trinajstić information content (AvgIpc) is 3.25. The molecule has 3 aromatic rings. The third kappa shape index (κ3) is 4.24. The van der Waals surface area contributed by atoms with Crippen molar-refractivity contribution >= 4 is 10.0 Å². The standard InChI is InChI=1S/C22H25N3O4S/c1-3-28-19-10-12-20(13-11-19)30(26,27)25-14-4-5-18(15-25)22-24-23-21(29-22)17-8-6-16(2)7-9-17/h6-13,18H,3-5,14-15H2,1-2H3. The fourth-order valence-electron chi connectivity index (χ4n) is 3.60. The Balaban J connectivity index is 1.51. The van der Waals surface area contributed by atoms with Crippen LogP contribution in [0, 0.1) is 6.92 Å². The van der Waals surface area contributed by atoms with Crippen molar-refractivity contribution in [3.8, 4) is 17.2 Å². The molecule has 1 saturated heterocycles. The van der Waals surface area contributed by atoms with E-state index in [4.69, 9.17) is 9.15 Å². The van der Waals surface area contributed by atoms with Gasteiger partial charge in [-0.15, -0.1) is 10.2 Å². The van der Waals surface area contributed by atoms with Gasteiger partial charge in [0.2, 0.25) is 21.8 Å². The fourth-order valence-corrected chi connectivity index (χ4v) is 5.12. The number of hydrogen-bond donors (Lipinski definition) is 0. The molecule has 1 aliphatic heterocycles. The lowest BCUT2D eigenvalue weighted by Crippen LogP contribution is -2.39. The van der Waals surface area contributed by atoms with Crippen molar-refractivity contribution in [3.63, 3.8) is 0 Å². The second kappa shape index (κ2) is 8.57. The minimum absolute atomic E-state index is 0.122. The third-order valence-corrected chi connectivity index (χ3v) is 7.12. The van der Waals surface area contributed by atoms with E-state index in [1.807, 2.05) is 38.1 Å². The molecule has 1 fully saturated rings. The molecule has 0 N–H and O–H groups in total. The summed E-state index contributed by atoms with van der Waals surface area (Å²) < 4.78 is 39.0. The monoisotopic (exact) mass is 427 g/mol. The zero-order valence-electron chi connectivity index (χ0n) is 17.1. The molecule has 1 aromatic heterocycles. The van der Waals surface area contributed by atoms with E-state index in [1.54, 1.807) is 24.3 Å². The van der Waals surface area contributed by atoms with E-state index in [0.29, 0.717) is 37.2 Å². The van der Waals surface area contributed by atoms with Crippen molar-refractivity contribution in [1.82, 2.24) is 14.5 Å². The first-order valence-corrected chi connectivity index (χ1v) is 11.5. The molecule has 0 aliphatic carbocycles. The largest absolute Gasteiger partial charge is 0.494 e. The van der Waals surface area contributed by atoms with Crippen LogP contribution in [0.4, 0.5) is 0 Å². The summed E-state index contributed by atoms with van der Waals surface area (Å²) in [6.45, 7) is 5.25. The molecule has 7 nitrogen and oxygen atoms in total. The Kier molecular flexibility index (Phi) is 5.87. The van der Waals surface area contributed by atoms with Gasteiger partial charge in [0, 0.05) is 18.7 Å². The summed E-state index contributed by atoms with van der Waals surface area (Å²) in [6.07, 6.45) is 1.55. The molecule has 2 heterocycles. The number of aryl methyl sites for hydroxylation is 1. The Labute approximate surface area is 176 Å². The summed E-state index contributed by atoms with van der Waals surface area (Å²) in [4.78, 5) is 0.262. The van der Waals surface area contributed by atoms with Crippen LogP contribution in [0.1, 0.15) is 37.1 Å². The Morgan fingerprint density at radius 1 is 1.10 bits per heavy atom. The lowest BCUT2D eigenvalue weighted by Gasteiger charge is -2.30. The number of nitrogens with zero attached hydrogens (tertiary/aromatic N) is 3. The van der Waals surface area contributed by atoms with Crippen molar-refractivity contribution in [3.05, 3.63) is 60.0 Å². The first-order valence-electron chi connectivity index (χ1n) is 10.1. The smallest absolute Gasteiger partial charge is 0.247 e. The number of hydrogen-bond acceptors (Lipinski definition) is 6. The second-order valence-electron chi connectivity index (χ2n) is 7.42. The van der Waals surface area contributed by atoms with Crippen molar-refractivity contribution < 1.29 is 17.6 Å². The Morgan fingerprint density at radius 2 is 1.83 bits per heavy atom. The number of piperidine rings is 1. The van der Waals surface area contributed by atoms with Gasteiger partial charge in [-0.25, -0.2) is 8.42 Å². The van der Waals surface area contributed by atoms with Crippen molar-refractivity contribution in [2.75, 3.05) is 19.7 Å². The van der Waals surface area contributed by atoms with Crippen LogP contribution < -0.4 is 4.74 Å². The van der Waals surface area contributed by atoms with E-state index >= 15 is 0 Å². The zero-order valence-corrected chi connectivity index (χ0v) is 17.9. The average molecular weight is 428 g/mol. The maximum atomic E-state index is 13.1. The zero-order chi connectivity index (χ0) is 21.1. The van der Waals surface area contributed by atoms with Crippen LogP contribution in [0.3, 0.4) is 0 Å². The number of benzene rings is 2. The summed E-state index contributed by atoms with van der Waals surface area (Å²) in [6, 6.07) is 14.4. The molecule has 1 unspecified atom stereocenters. The van der Waals surface area contributed by atoms with E-state index in [2.05, 4.69) is 10.2 Å². The summed E-state index contributed by atoms with van der Waals surface area (Å²) in [7, 11) is -3.60. The minimum Gasteiger partial charge on any atom is -0.494 e. The second-order valence-corrected chi connectivity index (χ2v) is 9.36. The van der Waals surface area contributed by atoms with E-state index < -0.39 is 10.0 Å². The van der Waals surface area contributed by atoms with Gasteiger partial charge in [0.25, 0.3) is 0 Å². The highest BCUT2D eigenvalue weighted by Gasteiger charge is 2.33. The van der Waals surface area contributed by atoms with Gasteiger partial charge >= 0.3 is 0 Å². The summed E-state index contributed by atoms with van der Waals surface area (Å²) >= 11 is 0. The molecule has 2 aromatic carbocycles. The molecule has 0 saturated carbocycles. The summed E-state index contributed by atoms with van der Waals surface area (Å²) in [5.41, 5.74) is 2.01.